The third-order valence-corrected chi connectivity index (χ3v) is 2.99. The van der Waals surface area contributed by atoms with Crippen LogP contribution in [0.15, 0.2) is 18.2 Å². The SMILES string of the molecule is CCCNC(C)(C#N)CCOc1cc(F)ccc1[N+](=O)[O-]. The van der Waals surface area contributed by atoms with Gasteiger partial charge in [-0.05, 0) is 26.0 Å². The summed E-state index contributed by atoms with van der Waals surface area (Å²) in [6.07, 6.45) is 1.21. The first kappa shape index (κ1) is 16.9. The van der Waals surface area contributed by atoms with Crippen LogP contribution in [0.1, 0.15) is 26.7 Å². The normalized spacial score (nSPS) is 13.2. The van der Waals surface area contributed by atoms with Gasteiger partial charge < -0.3 is 4.74 Å². The Balaban J connectivity index is 2.69. The maximum absolute atomic E-state index is 13.1. The fourth-order valence-corrected chi connectivity index (χ4v) is 1.70. The molecule has 6 nitrogen and oxygen atoms in total. The zero-order valence-corrected chi connectivity index (χ0v) is 12.1. The maximum Gasteiger partial charge on any atom is 0.311 e. The van der Waals surface area contributed by atoms with Crippen molar-refractivity contribution in [3.63, 3.8) is 0 Å². The van der Waals surface area contributed by atoms with E-state index in [1.807, 2.05) is 6.92 Å². The lowest BCUT2D eigenvalue weighted by atomic mass is 10.0. The average Bonchev–Trinajstić information content (AvgIpc) is 2.45. The summed E-state index contributed by atoms with van der Waals surface area (Å²) >= 11 is 0. The molecule has 1 N–H and O–H groups in total. The van der Waals surface area contributed by atoms with Crippen molar-refractivity contribution in [3.8, 4) is 11.8 Å². The summed E-state index contributed by atoms with van der Waals surface area (Å²) in [5.41, 5.74) is -1.07. The van der Waals surface area contributed by atoms with Gasteiger partial charge >= 0.3 is 5.69 Å². The maximum atomic E-state index is 13.1. The number of rotatable bonds is 8. The van der Waals surface area contributed by atoms with Crippen LogP contribution in [-0.2, 0) is 0 Å². The Bertz CT molecular complexity index is 545. The molecule has 0 aliphatic heterocycles. The van der Waals surface area contributed by atoms with Crippen molar-refractivity contribution in [2.75, 3.05) is 13.2 Å². The molecule has 21 heavy (non-hydrogen) atoms. The first-order valence-corrected chi connectivity index (χ1v) is 6.65. The van der Waals surface area contributed by atoms with Gasteiger partial charge in [0.05, 0.1) is 17.6 Å². The van der Waals surface area contributed by atoms with Crippen molar-refractivity contribution in [2.24, 2.45) is 0 Å². The number of nitriles is 1. The molecule has 0 spiro atoms. The second kappa shape index (κ2) is 7.55. The first-order chi connectivity index (χ1) is 9.91. The number of benzene rings is 1. The molecule has 0 fully saturated rings. The van der Waals surface area contributed by atoms with Crippen molar-refractivity contribution in [2.45, 2.75) is 32.2 Å². The summed E-state index contributed by atoms with van der Waals surface area (Å²) < 4.78 is 18.4. The Kier molecular flexibility index (Phi) is 6.06. The Morgan fingerprint density at radius 2 is 2.29 bits per heavy atom. The van der Waals surface area contributed by atoms with Gasteiger partial charge in [-0.15, -0.1) is 0 Å². The monoisotopic (exact) mass is 295 g/mol. The topological polar surface area (TPSA) is 88.2 Å². The van der Waals surface area contributed by atoms with E-state index in [-0.39, 0.29) is 18.0 Å². The number of hydrogen-bond acceptors (Lipinski definition) is 5. The number of nitrogens with one attached hydrogen (secondary N) is 1. The summed E-state index contributed by atoms with van der Waals surface area (Å²) in [4.78, 5) is 10.2. The van der Waals surface area contributed by atoms with Crippen molar-refractivity contribution in [1.82, 2.24) is 5.32 Å². The molecule has 1 rings (SSSR count). The summed E-state index contributed by atoms with van der Waals surface area (Å²) in [6.45, 7) is 4.47. The van der Waals surface area contributed by atoms with Crippen LogP contribution in [0, 0.1) is 27.3 Å². The van der Waals surface area contributed by atoms with Crippen LogP contribution in [0.5, 0.6) is 5.75 Å². The predicted octanol–water partition coefficient (Wildman–Crippen LogP) is 2.78. The third-order valence-electron chi connectivity index (χ3n) is 2.99. The number of halogens is 1. The lowest BCUT2D eigenvalue weighted by Crippen LogP contribution is -2.42. The van der Waals surface area contributed by atoms with Crippen LogP contribution >= 0.6 is 0 Å². The van der Waals surface area contributed by atoms with Crippen molar-refractivity contribution < 1.29 is 14.1 Å². The minimum atomic E-state index is -0.780. The highest BCUT2D eigenvalue weighted by molar-refractivity contribution is 5.46. The fraction of sp³-hybridized carbons (Fsp3) is 0.500. The van der Waals surface area contributed by atoms with Crippen molar-refractivity contribution in [3.05, 3.63) is 34.1 Å². The molecule has 0 saturated carbocycles. The van der Waals surface area contributed by atoms with Gasteiger partial charge in [0.1, 0.15) is 11.4 Å². The number of ether oxygens (including phenoxy) is 1. The van der Waals surface area contributed by atoms with Crippen LogP contribution in [0.25, 0.3) is 0 Å². The van der Waals surface area contributed by atoms with E-state index in [4.69, 9.17) is 10.00 Å². The number of hydrogen-bond donors (Lipinski definition) is 1. The molecule has 1 aromatic rings. The minimum absolute atomic E-state index is 0.0745. The molecule has 1 unspecified atom stereocenters. The molecule has 0 aromatic heterocycles. The zero-order chi connectivity index (χ0) is 15.9. The van der Waals surface area contributed by atoms with Gasteiger partial charge in [0.2, 0.25) is 0 Å². The quantitative estimate of drug-likeness (QED) is 0.588. The van der Waals surface area contributed by atoms with Crippen molar-refractivity contribution >= 4 is 5.69 Å². The highest BCUT2D eigenvalue weighted by Gasteiger charge is 2.23. The summed E-state index contributed by atoms with van der Waals surface area (Å²) in [5, 5.41) is 23.1. The van der Waals surface area contributed by atoms with Gasteiger partial charge in [0, 0.05) is 18.6 Å². The van der Waals surface area contributed by atoms with E-state index in [2.05, 4.69) is 11.4 Å². The molecule has 0 radical (unpaired) electrons. The smallest absolute Gasteiger partial charge is 0.311 e. The second-order valence-electron chi connectivity index (χ2n) is 4.84. The van der Waals surface area contributed by atoms with E-state index in [0.29, 0.717) is 13.0 Å². The Hall–Kier alpha value is -2.20. The molecule has 7 heteroatoms. The highest BCUT2D eigenvalue weighted by Crippen LogP contribution is 2.27. The summed E-state index contributed by atoms with van der Waals surface area (Å²) in [7, 11) is 0. The third kappa shape index (κ3) is 5.00. The van der Waals surface area contributed by atoms with Crippen LogP contribution in [0.3, 0.4) is 0 Å². The molecule has 0 heterocycles. The number of nitro benzene ring substituents is 1. The molecule has 114 valence electrons. The van der Waals surface area contributed by atoms with E-state index < -0.39 is 16.3 Å². The fourth-order valence-electron chi connectivity index (χ4n) is 1.70. The van der Waals surface area contributed by atoms with E-state index in [0.717, 1.165) is 24.6 Å². The van der Waals surface area contributed by atoms with Gasteiger partial charge in [0.15, 0.2) is 5.75 Å². The van der Waals surface area contributed by atoms with Gasteiger partial charge in [-0.2, -0.15) is 5.26 Å². The molecule has 1 aromatic carbocycles. The van der Waals surface area contributed by atoms with Gasteiger partial charge in [0.25, 0.3) is 0 Å². The average molecular weight is 295 g/mol. The van der Waals surface area contributed by atoms with E-state index in [1.54, 1.807) is 6.92 Å². The standard InChI is InChI=1S/C14H18FN3O3/c1-3-7-17-14(2,10-16)6-8-21-13-9-11(15)4-5-12(13)18(19)20/h4-5,9,17H,3,6-8H2,1-2H3. The van der Waals surface area contributed by atoms with Gasteiger partial charge in [-0.3, -0.25) is 15.4 Å². The van der Waals surface area contributed by atoms with Gasteiger partial charge in [-0.1, -0.05) is 6.92 Å². The Morgan fingerprint density at radius 3 is 2.86 bits per heavy atom. The van der Waals surface area contributed by atoms with Crippen molar-refractivity contribution in [1.29, 1.82) is 5.26 Å². The Labute approximate surface area is 122 Å². The Morgan fingerprint density at radius 1 is 1.57 bits per heavy atom. The largest absolute Gasteiger partial charge is 0.487 e. The van der Waals surface area contributed by atoms with Crippen LogP contribution in [0.2, 0.25) is 0 Å². The number of nitro groups is 1. The molecule has 0 aliphatic rings. The minimum Gasteiger partial charge on any atom is -0.487 e. The predicted molar refractivity (Wildman–Crippen MR) is 75.5 cm³/mol. The van der Waals surface area contributed by atoms with Crippen LogP contribution < -0.4 is 10.1 Å². The highest BCUT2D eigenvalue weighted by atomic mass is 19.1. The molecule has 0 amide bonds. The lowest BCUT2D eigenvalue weighted by Gasteiger charge is -2.22. The van der Waals surface area contributed by atoms with Gasteiger partial charge in [-0.25, -0.2) is 4.39 Å². The molecule has 0 aliphatic carbocycles. The molecule has 0 saturated heterocycles. The van der Waals surface area contributed by atoms with Crippen LogP contribution in [-0.4, -0.2) is 23.6 Å². The van der Waals surface area contributed by atoms with Crippen LogP contribution in [0.4, 0.5) is 10.1 Å². The second-order valence-corrected chi connectivity index (χ2v) is 4.84. The lowest BCUT2D eigenvalue weighted by molar-refractivity contribution is -0.385. The van der Waals surface area contributed by atoms with E-state index in [1.165, 1.54) is 0 Å². The molecule has 0 bridgehead atoms. The summed E-state index contributed by atoms with van der Waals surface area (Å²) in [5.74, 6) is -0.737. The molecule has 1 atom stereocenters. The molecular weight excluding hydrogens is 277 g/mol. The molecular formula is C14H18FN3O3. The summed E-state index contributed by atoms with van der Waals surface area (Å²) in [6, 6.07) is 5.19. The van der Waals surface area contributed by atoms with E-state index in [9.17, 15) is 14.5 Å². The zero-order valence-electron chi connectivity index (χ0n) is 12.1. The number of nitrogens with zero attached hydrogens (tertiary/aromatic N) is 2. The first-order valence-electron chi connectivity index (χ1n) is 6.65. The van der Waals surface area contributed by atoms with E-state index >= 15 is 0 Å².